The number of nitriles is 1. The molecule has 0 bridgehead atoms. The third kappa shape index (κ3) is 6.36. The summed E-state index contributed by atoms with van der Waals surface area (Å²) in [6.07, 6.45) is 1.23. The summed E-state index contributed by atoms with van der Waals surface area (Å²) in [6, 6.07) is 17.0. The van der Waals surface area contributed by atoms with Gasteiger partial charge in [0.05, 0.1) is 10.0 Å². The van der Waals surface area contributed by atoms with Gasteiger partial charge in [-0.15, -0.1) is 0 Å². The van der Waals surface area contributed by atoms with Crippen molar-refractivity contribution < 1.29 is 17.4 Å². The molecule has 0 aliphatic rings. The van der Waals surface area contributed by atoms with Crippen LogP contribution in [0.4, 0.5) is 5.69 Å². The Hall–Kier alpha value is -2.83. The molecule has 1 amide bonds. The van der Waals surface area contributed by atoms with Gasteiger partial charge in [0.15, 0.2) is 0 Å². The maximum absolute atomic E-state index is 12.7. The number of nitrogens with one attached hydrogen (secondary N) is 1. The van der Waals surface area contributed by atoms with E-state index in [1.54, 1.807) is 18.2 Å². The first-order chi connectivity index (χ1) is 15.6. The minimum absolute atomic E-state index is 0.0242. The lowest BCUT2D eigenvalue weighted by molar-refractivity contribution is -0.112. The Bertz CT molecular complexity index is 1400. The number of hydrogen-bond donors (Lipinski definition) is 1. The Morgan fingerprint density at radius 1 is 1.06 bits per heavy atom. The zero-order valence-corrected chi connectivity index (χ0v) is 20.9. The smallest absolute Gasteiger partial charge is 0.339 e. The lowest BCUT2D eigenvalue weighted by Gasteiger charge is -2.11. The van der Waals surface area contributed by atoms with Crippen molar-refractivity contribution in [3.8, 4) is 11.8 Å². The minimum atomic E-state index is -4.14. The fourth-order valence-corrected chi connectivity index (χ4v) is 4.29. The SMILES string of the molecule is Cc1ccc(S(=O)(=O)Oc2ccc(Br)cc2/C=C(/C#N)C(=O)Nc2ccc(Cl)c(Cl)c2)cc1. The molecule has 3 rings (SSSR count). The van der Waals surface area contributed by atoms with Crippen LogP contribution in [-0.4, -0.2) is 14.3 Å². The molecule has 0 radical (unpaired) electrons. The topological polar surface area (TPSA) is 96.3 Å². The normalized spacial score (nSPS) is 11.5. The summed E-state index contributed by atoms with van der Waals surface area (Å²) in [4.78, 5) is 12.6. The van der Waals surface area contributed by atoms with Crippen LogP contribution in [0.5, 0.6) is 5.75 Å². The zero-order chi connectivity index (χ0) is 24.2. The van der Waals surface area contributed by atoms with E-state index in [0.29, 0.717) is 15.2 Å². The number of carbonyl (C=O) groups excluding carboxylic acids is 1. The molecule has 168 valence electrons. The van der Waals surface area contributed by atoms with Crippen LogP contribution < -0.4 is 9.50 Å². The molecule has 0 aliphatic carbocycles. The number of carbonyl (C=O) groups is 1. The largest absolute Gasteiger partial charge is 0.378 e. The van der Waals surface area contributed by atoms with E-state index in [-0.39, 0.29) is 26.8 Å². The highest BCUT2D eigenvalue weighted by Gasteiger charge is 2.19. The van der Waals surface area contributed by atoms with Gasteiger partial charge in [-0.1, -0.05) is 56.8 Å². The highest BCUT2D eigenvalue weighted by atomic mass is 79.9. The van der Waals surface area contributed by atoms with Gasteiger partial charge in [0.25, 0.3) is 5.91 Å². The zero-order valence-electron chi connectivity index (χ0n) is 17.0. The van der Waals surface area contributed by atoms with Crippen LogP contribution in [0.3, 0.4) is 0 Å². The maximum atomic E-state index is 12.7. The highest BCUT2D eigenvalue weighted by molar-refractivity contribution is 9.10. The van der Waals surface area contributed by atoms with Crippen molar-refractivity contribution in [2.24, 2.45) is 0 Å². The third-order valence-corrected chi connectivity index (χ3v) is 6.80. The fourth-order valence-electron chi connectivity index (χ4n) is 2.66. The van der Waals surface area contributed by atoms with Crippen molar-refractivity contribution in [3.63, 3.8) is 0 Å². The predicted molar refractivity (Wildman–Crippen MR) is 132 cm³/mol. The molecule has 0 aliphatic heterocycles. The average molecular weight is 566 g/mol. The molecule has 3 aromatic carbocycles. The van der Waals surface area contributed by atoms with Crippen LogP contribution >= 0.6 is 39.1 Å². The van der Waals surface area contributed by atoms with Crippen LogP contribution in [0.2, 0.25) is 10.0 Å². The molecule has 0 saturated carbocycles. The van der Waals surface area contributed by atoms with Gasteiger partial charge >= 0.3 is 10.1 Å². The van der Waals surface area contributed by atoms with E-state index in [2.05, 4.69) is 21.2 Å². The van der Waals surface area contributed by atoms with Gasteiger partial charge in [-0.3, -0.25) is 4.79 Å². The number of halogens is 3. The van der Waals surface area contributed by atoms with Gasteiger partial charge in [-0.25, -0.2) is 0 Å². The number of benzene rings is 3. The third-order valence-electron chi connectivity index (χ3n) is 4.32. The summed E-state index contributed by atoms with van der Waals surface area (Å²) in [5.74, 6) is -0.767. The second kappa shape index (κ2) is 10.4. The standard InChI is InChI=1S/C23H15BrCl2N2O4S/c1-14-2-6-19(7-3-14)33(30,31)32-22-9-4-17(24)11-15(22)10-16(13-27)23(29)28-18-5-8-20(25)21(26)12-18/h2-12H,1H3,(H,28,29)/b16-10-. The second-order valence-electron chi connectivity index (χ2n) is 6.79. The van der Waals surface area contributed by atoms with Crippen molar-refractivity contribution in [1.29, 1.82) is 5.26 Å². The minimum Gasteiger partial charge on any atom is -0.378 e. The molecule has 33 heavy (non-hydrogen) atoms. The van der Waals surface area contributed by atoms with E-state index in [9.17, 15) is 18.5 Å². The van der Waals surface area contributed by atoms with Crippen molar-refractivity contribution in [2.75, 3.05) is 5.32 Å². The molecule has 0 saturated heterocycles. The summed E-state index contributed by atoms with van der Waals surface area (Å²) in [5, 5.41) is 12.6. The molecular weight excluding hydrogens is 551 g/mol. The van der Waals surface area contributed by atoms with Crippen LogP contribution in [0.25, 0.3) is 6.08 Å². The molecule has 1 N–H and O–H groups in total. The number of hydrogen-bond acceptors (Lipinski definition) is 5. The monoisotopic (exact) mass is 564 g/mol. The van der Waals surface area contributed by atoms with E-state index < -0.39 is 16.0 Å². The fraction of sp³-hybridized carbons (Fsp3) is 0.0435. The first-order valence-electron chi connectivity index (χ1n) is 9.28. The van der Waals surface area contributed by atoms with Crippen molar-refractivity contribution in [2.45, 2.75) is 11.8 Å². The van der Waals surface area contributed by atoms with Crippen molar-refractivity contribution >= 4 is 66.9 Å². The number of anilines is 1. The average Bonchev–Trinajstić information content (AvgIpc) is 2.76. The van der Waals surface area contributed by atoms with Crippen LogP contribution in [0.1, 0.15) is 11.1 Å². The Kier molecular flexibility index (Phi) is 7.82. The molecule has 3 aromatic rings. The molecule has 0 spiro atoms. The number of aryl methyl sites for hydroxylation is 1. The lowest BCUT2D eigenvalue weighted by atomic mass is 10.1. The summed E-state index contributed by atoms with van der Waals surface area (Å²) in [6.45, 7) is 1.83. The van der Waals surface area contributed by atoms with Crippen LogP contribution in [-0.2, 0) is 14.9 Å². The number of rotatable bonds is 6. The Morgan fingerprint density at radius 3 is 2.39 bits per heavy atom. The van der Waals surface area contributed by atoms with Gasteiger partial charge in [0, 0.05) is 15.7 Å². The van der Waals surface area contributed by atoms with E-state index in [0.717, 1.165) is 5.56 Å². The summed E-state index contributed by atoms with van der Waals surface area (Å²) < 4.78 is 31.3. The number of nitrogens with zero attached hydrogens (tertiary/aromatic N) is 1. The first kappa shape index (κ1) is 24.8. The summed E-state index contributed by atoms with van der Waals surface area (Å²) in [7, 11) is -4.14. The highest BCUT2D eigenvalue weighted by Crippen LogP contribution is 2.29. The van der Waals surface area contributed by atoms with Gasteiger partial charge in [-0.05, 0) is 61.5 Å². The molecule has 0 heterocycles. The van der Waals surface area contributed by atoms with E-state index >= 15 is 0 Å². The molecule has 10 heteroatoms. The van der Waals surface area contributed by atoms with Gasteiger partial charge in [0.2, 0.25) is 0 Å². The Morgan fingerprint density at radius 2 is 1.76 bits per heavy atom. The van der Waals surface area contributed by atoms with Gasteiger partial charge < -0.3 is 9.50 Å². The molecule has 0 atom stereocenters. The van der Waals surface area contributed by atoms with Crippen molar-refractivity contribution in [3.05, 3.63) is 91.9 Å². The quantitative estimate of drug-likeness (QED) is 0.212. The van der Waals surface area contributed by atoms with Crippen molar-refractivity contribution in [1.82, 2.24) is 0 Å². The van der Waals surface area contributed by atoms with Crippen LogP contribution in [0, 0.1) is 18.3 Å². The second-order valence-corrected chi connectivity index (χ2v) is 10.1. The van der Waals surface area contributed by atoms with E-state index in [4.69, 9.17) is 27.4 Å². The van der Waals surface area contributed by atoms with E-state index in [1.807, 2.05) is 13.0 Å². The van der Waals surface area contributed by atoms with Gasteiger partial charge in [0.1, 0.15) is 22.3 Å². The molecular formula is C23H15BrCl2N2O4S. The Labute approximate surface area is 209 Å². The molecule has 0 unspecified atom stereocenters. The summed E-state index contributed by atoms with van der Waals surface area (Å²) in [5.41, 5.74) is 1.16. The maximum Gasteiger partial charge on any atom is 0.339 e. The summed E-state index contributed by atoms with van der Waals surface area (Å²) >= 11 is 15.1. The Balaban J connectivity index is 1.93. The molecule has 0 fully saturated rings. The van der Waals surface area contributed by atoms with Crippen LogP contribution in [0.15, 0.2) is 75.6 Å². The first-order valence-corrected chi connectivity index (χ1v) is 12.2. The molecule has 6 nitrogen and oxygen atoms in total. The lowest BCUT2D eigenvalue weighted by Crippen LogP contribution is -2.14. The van der Waals surface area contributed by atoms with E-state index in [1.165, 1.54) is 48.5 Å². The molecule has 0 aromatic heterocycles. The number of amides is 1. The van der Waals surface area contributed by atoms with Gasteiger partial charge in [-0.2, -0.15) is 13.7 Å². The predicted octanol–water partition coefficient (Wildman–Crippen LogP) is 6.38.